The van der Waals surface area contributed by atoms with E-state index in [2.05, 4.69) is 35.1 Å². The van der Waals surface area contributed by atoms with Crippen molar-refractivity contribution in [1.29, 1.82) is 0 Å². The number of hydrogen-bond donors (Lipinski definition) is 0. The fourth-order valence-corrected chi connectivity index (χ4v) is 3.16. The molecule has 130 valence electrons. The molecule has 1 aliphatic heterocycles. The molecule has 0 spiro atoms. The molecule has 0 radical (unpaired) electrons. The van der Waals surface area contributed by atoms with Crippen molar-refractivity contribution in [2.45, 2.75) is 39.3 Å². The lowest BCUT2D eigenvalue weighted by atomic mass is 10.1. The molecular weight excluding hydrogens is 304 g/mol. The number of nitrogens with zero attached hydrogens (tertiary/aromatic N) is 4. The topological polar surface area (TPSA) is 50.6 Å². The molecule has 1 aliphatic rings. The van der Waals surface area contributed by atoms with Gasteiger partial charge in [0.25, 0.3) is 0 Å². The minimum absolute atomic E-state index is 0.225. The maximum absolute atomic E-state index is 12.3. The highest BCUT2D eigenvalue weighted by Crippen LogP contribution is 2.25. The number of aryl methyl sites for hydroxylation is 1. The Morgan fingerprint density at radius 1 is 1.29 bits per heavy atom. The van der Waals surface area contributed by atoms with Gasteiger partial charge in [0.05, 0.1) is 11.7 Å². The van der Waals surface area contributed by atoms with Gasteiger partial charge in [-0.1, -0.05) is 0 Å². The number of rotatable bonds is 1. The number of hydrogen-bond acceptors (Lipinski definition) is 4. The van der Waals surface area contributed by atoms with Crippen LogP contribution >= 0.6 is 0 Å². The molecule has 6 heteroatoms. The van der Waals surface area contributed by atoms with Crippen LogP contribution < -0.4 is 4.90 Å². The standard InChI is InChI=1S/C18H26N4O2/c1-13-12-21(17(23)24-18(2,3)4)8-9-22(13)15-6-7-16-14(10-15)11-19-20(16)5/h6-7,10-11,13H,8-9,12H2,1-5H3/t13-/m0/s1. The van der Waals surface area contributed by atoms with E-state index >= 15 is 0 Å². The normalized spacial score (nSPS) is 19.0. The Kier molecular flexibility index (Phi) is 4.15. The molecule has 1 aromatic heterocycles. The average Bonchev–Trinajstić information content (AvgIpc) is 2.86. The molecule has 2 heterocycles. The second kappa shape index (κ2) is 6.00. The quantitative estimate of drug-likeness (QED) is 0.806. The summed E-state index contributed by atoms with van der Waals surface area (Å²) in [6, 6.07) is 6.64. The summed E-state index contributed by atoms with van der Waals surface area (Å²) in [5, 5.41) is 5.43. The SMILES string of the molecule is C[C@H]1CN(C(=O)OC(C)(C)C)CCN1c1ccc2c(cnn2C)c1. The first-order chi connectivity index (χ1) is 11.2. The van der Waals surface area contributed by atoms with E-state index in [9.17, 15) is 4.79 Å². The molecule has 0 unspecified atom stereocenters. The van der Waals surface area contributed by atoms with E-state index in [0.717, 1.165) is 17.4 Å². The number of benzene rings is 1. The van der Waals surface area contributed by atoms with Gasteiger partial charge in [0.15, 0.2) is 0 Å². The van der Waals surface area contributed by atoms with Crippen LogP contribution in [0.4, 0.5) is 10.5 Å². The van der Waals surface area contributed by atoms with Crippen molar-refractivity contribution in [3.8, 4) is 0 Å². The first-order valence-electron chi connectivity index (χ1n) is 8.41. The van der Waals surface area contributed by atoms with Gasteiger partial charge in [-0.15, -0.1) is 0 Å². The number of carbonyl (C=O) groups excluding carboxylic acids is 1. The van der Waals surface area contributed by atoms with Gasteiger partial charge < -0.3 is 14.5 Å². The number of amides is 1. The Morgan fingerprint density at radius 3 is 2.71 bits per heavy atom. The van der Waals surface area contributed by atoms with E-state index in [-0.39, 0.29) is 12.1 Å². The van der Waals surface area contributed by atoms with Gasteiger partial charge in [-0.25, -0.2) is 4.79 Å². The van der Waals surface area contributed by atoms with Gasteiger partial charge >= 0.3 is 6.09 Å². The van der Waals surface area contributed by atoms with Crippen molar-refractivity contribution in [2.24, 2.45) is 7.05 Å². The number of carbonyl (C=O) groups is 1. The molecule has 0 saturated carbocycles. The summed E-state index contributed by atoms with van der Waals surface area (Å²) in [6.45, 7) is 9.97. The summed E-state index contributed by atoms with van der Waals surface area (Å²) >= 11 is 0. The number of aromatic nitrogens is 2. The van der Waals surface area contributed by atoms with Gasteiger partial charge in [-0.3, -0.25) is 4.68 Å². The second-order valence-corrected chi connectivity index (χ2v) is 7.48. The van der Waals surface area contributed by atoms with E-state index in [4.69, 9.17) is 4.74 Å². The molecule has 1 fully saturated rings. The maximum Gasteiger partial charge on any atom is 0.410 e. The lowest BCUT2D eigenvalue weighted by molar-refractivity contribution is 0.0219. The van der Waals surface area contributed by atoms with Gasteiger partial charge in [0.2, 0.25) is 0 Å². The van der Waals surface area contributed by atoms with Gasteiger partial charge in [0, 0.05) is 43.8 Å². The minimum Gasteiger partial charge on any atom is -0.444 e. The zero-order valence-electron chi connectivity index (χ0n) is 15.1. The summed E-state index contributed by atoms with van der Waals surface area (Å²) in [6.07, 6.45) is 1.66. The van der Waals surface area contributed by atoms with Gasteiger partial charge in [0.1, 0.15) is 5.60 Å². The van der Waals surface area contributed by atoms with E-state index in [0.29, 0.717) is 13.1 Å². The van der Waals surface area contributed by atoms with Gasteiger partial charge in [-0.05, 0) is 45.9 Å². The van der Waals surface area contributed by atoms with Crippen LogP contribution in [0.1, 0.15) is 27.7 Å². The highest BCUT2D eigenvalue weighted by molar-refractivity contribution is 5.82. The average molecular weight is 330 g/mol. The van der Waals surface area contributed by atoms with Crippen molar-refractivity contribution in [3.63, 3.8) is 0 Å². The van der Waals surface area contributed by atoms with Crippen molar-refractivity contribution >= 4 is 22.7 Å². The molecule has 0 bridgehead atoms. The highest BCUT2D eigenvalue weighted by atomic mass is 16.6. The van der Waals surface area contributed by atoms with Crippen LogP contribution in [-0.2, 0) is 11.8 Å². The van der Waals surface area contributed by atoms with Crippen molar-refractivity contribution in [1.82, 2.24) is 14.7 Å². The summed E-state index contributed by atoms with van der Waals surface area (Å²) in [7, 11) is 1.95. The Bertz CT molecular complexity index is 747. The summed E-state index contributed by atoms with van der Waals surface area (Å²) in [5.74, 6) is 0. The molecule has 1 atom stereocenters. The number of anilines is 1. The van der Waals surface area contributed by atoms with E-state index in [1.807, 2.05) is 38.7 Å². The molecule has 6 nitrogen and oxygen atoms in total. The summed E-state index contributed by atoms with van der Waals surface area (Å²) in [5.41, 5.74) is 1.84. The maximum atomic E-state index is 12.3. The van der Waals surface area contributed by atoms with E-state index in [1.165, 1.54) is 5.69 Å². The number of piperazine rings is 1. The minimum atomic E-state index is -0.456. The lowest BCUT2D eigenvalue weighted by Crippen LogP contribution is -2.54. The zero-order valence-corrected chi connectivity index (χ0v) is 15.1. The predicted octanol–water partition coefficient (Wildman–Crippen LogP) is 3.02. The largest absolute Gasteiger partial charge is 0.444 e. The Balaban J connectivity index is 1.72. The third kappa shape index (κ3) is 3.32. The van der Waals surface area contributed by atoms with E-state index < -0.39 is 5.60 Å². The second-order valence-electron chi connectivity index (χ2n) is 7.48. The van der Waals surface area contributed by atoms with Crippen LogP contribution in [0.5, 0.6) is 0 Å². The predicted molar refractivity (Wildman–Crippen MR) is 95.3 cm³/mol. The highest BCUT2D eigenvalue weighted by Gasteiger charge is 2.30. The molecule has 1 amide bonds. The fraction of sp³-hybridized carbons (Fsp3) is 0.556. The Labute approximate surface area is 143 Å². The molecule has 3 rings (SSSR count). The first-order valence-corrected chi connectivity index (χ1v) is 8.41. The number of ether oxygens (including phenoxy) is 1. The van der Waals surface area contributed by atoms with Crippen LogP contribution in [0, 0.1) is 0 Å². The Hall–Kier alpha value is -2.24. The smallest absolute Gasteiger partial charge is 0.410 e. The van der Waals surface area contributed by atoms with Crippen molar-refractivity contribution in [2.75, 3.05) is 24.5 Å². The molecular formula is C18H26N4O2. The Morgan fingerprint density at radius 2 is 2.04 bits per heavy atom. The van der Waals surface area contributed by atoms with E-state index in [1.54, 1.807) is 4.90 Å². The van der Waals surface area contributed by atoms with Crippen LogP contribution in [0.25, 0.3) is 10.9 Å². The number of fused-ring (bicyclic) bond motifs is 1. The fourth-order valence-electron chi connectivity index (χ4n) is 3.16. The van der Waals surface area contributed by atoms with Crippen molar-refractivity contribution < 1.29 is 9.53 Å². The molecule has 1 aromatic carbocycles. The molecule has 0 N–H and O–H groups in total. The third-order valence-electron chi connectivity index (χ3n) is 4.34. The van der Waals surface area contributed by atoms with Crippen LogP contribution in [0.2, 0.25) is 0 Å². The monoisotopic (exact) mass is 330 g/mol. The summed E-state index contributed by atoms with van der Waals surface area (Å²) in [4.78, 5) is 16.4. The molecule has 0 aliphatic carbocycles. The third-order valence-corrected chi connectivity index (χ3v) is 4.34. The van der Waals surface area contributed by atoms with Gasteiger partial charge in [-0.2, -0.15) is 5.10 Å². The van der Waals surface area contributed by atoms with Crippen LogP contribution in [-0.4, -0.2) is 52.1 Å². The van der Waals surface area contributed by atoms with Crippen LogP contribution in [0.3, 0.4) is 0 Å². The summed E-state index contributed by atoms with van der Waals surface area (Å²) < 4.78 is 7.36. The molecule has 1 saturated heterocycles. The van der Waals surface area contributed by atoms with Crippen molar-refractivity contribution in [3.05, 3.63) is 24.4 Å². The zero-order chi connectivity index (χ0) is 17.5. The first kappa shape index (κ1) is 16.6. The molecule has 2 aromatic rings. The lowest BCUT2D eigenvalue weighted by Gasteiger charge is -2.41. The van der Waals surface area contributed by atoms with Crippen LogP contribution in [0.15, 0.2) is 24.4 Å². The molecule has 24 heavy (non-hydrogen) atoms.